The fourth-order valence-electron chi connectivity index (χ4n) is 3.57. The molecule has 0 atom stereocenters. The summed E-state index contributed by atoms with van der Waals surface area (Å²) < 4.78 is 10.9. The second-order valence-corrected chi connectivity index (χ2v) is 7.92. The minimum atomic E-state index is -0.387. The van der Waals surface area contributed by atoms with E-state index in [9.17, 15) is 14.4 Å². The average Bonchev–Trinajstić information content (AvgIpc) is 2.94. The van der Waals surface area contributed by atoms with Crippen molar-refractivity contribution in [3.05, 3.63) is 114 Å². The average molecular weight is 496 g/mol. The Balaban J connectivity index is 1.47. The molecule has 0 saturated heterocycles. The van der Waals surface area contributed by atoms with Gasteiger partial charge in [-0.15, -0.1) is 0 Å². The molecule has 0 aliphatic heterocycles. The summed E-state index contributed by atoms with van der Waals surface area (Å²) in [4.78, 5) is 37.9. The minimum Gasteiger partial charge on any atom is -0.494 e. The molecule has 0 aromatic heterocycles. The maximum atomic E-state index is 12.9. The van der Waals surface area contributed by atoms with Gasteiger partial charge in [0.25, 0.3) is 17.7 Å². The molecule has 0 bridgehead atoms. The normalized spacial score (nSPS) is 10.2. The van der Waals surface area contributed by atoms with E-state index in [2.05, 4.69) is 16.0 Å². The van der Waals surface area contributed by atoms with Crippen LogP contribution in [0.15, 0.2) is 97.1 Å². The highest BCUT2D eigenvalue weighted by Gasteiger charge is 2.17. The molecule has 4 aromatic rings. The predicted molar refractivity (Wildman–Crippen MR) is 143 cm³/mol. The zero-order valence-electron chi connectivity index (χ0n) is 20.3. The Kier molecular flexibility index (Phi) is 7.80. The lowest BCUT2D eigenvalue weighted by Gasteiger charge is -2.16. The maximum absolute atomic E-state index is 12.9. The molecule has 8 nitrogen and oxygen atoms in total. The Bertz CT molecular complexity index is 1410. The third-order valence-electron chi connectivity index (χ3n) is 5.49. The summed E-state index contributed by atoms with van der Waals surface area (Å²) in [7, 11) is 2.93. The molecule has 3 amide bonds. The van der Waals surface area contributed by atoms with Crippen LogP contribution in [0.5, 0.6) is 11.5 Å². The molecule has 0 radical (unpaired) electrons. The predicted octanol–water partition coefficient (Wildman–Crippen LogP) is 5.46. The van der Waals surface area contributed by atoms with Crippen LogP contribution in [0.3, 0.4) is 0 Å². The second-order valence-electron chi connectivity index (χ2n) is 7.92. The van der Waals surface area contributed by atoms with Crippen molar-refractivity contribution < 1.29 is 23.9 Å². The van der Waals surface area contributed by atoms with Gasteiger partial charge in [0.05, 0.1) is 25.6 Å². The minimum absolute atomic E-state index is 0.242. The van der Waals surface area contributed by atoms with Crippen molar-refractivity contribution >= 4 is 34.8 Å². The van der Waals surface area contributed by atoms with E-state index in [0.29, 0.717) is 45.3 Å². The smallest absolute Gasteiger partial charge is 0.255 e. The third kappa shape index (κ3) is 6.12. The van der Waals surface area contributed by atoms with Gasteiger partial charge in [0.15, 0.2) is 0 Å². The number of carbonyl (C=O) groups is 3. The van der Waals surface area contributed by atoms with E-state index in [0.717, 1.165) is 0 Å². The number of benzene rings is 4. The summed E-state index contributed by atoms with van der Waals surface area (Å²) in [6.45, 7) is 0. The van der Waals surface area contributed by atoms with Gasteiger partial charge >= 0.3 is 0 Å². The number of methoxy groups -OCH3 is 2. The molecule has 0 spiro atoms. The SMILES string of the molecule is COc1cc(NC(=O)c2ccc(NC(=O)c3ccccc3)cc2)c(OC)cc1NC(=O)c1ccccc1. The van der Waals surface area contributed by atoms with Crippen LogP contribution in [0, 0.1) is 0 Å². The highest BCUT2D eigenvalue weighted by molar-refractivity contribution is 6.08. The monoisotopic (exact) mass is 495 g/mol. The fraction of sp³-hybridized carbons (Fsp3) is 0.0690. The molecular formula is C29H25N3O5. The standard InChI is InChI=1S/C29H25N3O5/c1-36-25-18-24(26(37-2)17-23(25)31-28(34)20-11-7-4-8-12-20)32-29(35)21-13-15-22(16-14-21)30-27(33)19-9-5-3-6-10-19/h3-18H,1-2H3,(H,30,33)(H,31,34)(H,32,35). The van der Waals surface area contributed by atoms with Crippen LogP contribution in [0.2, 0.25) is 0 Å². The Morgan fingerprint density at radius 2 is 0.892 bits per heavy atom. The van der Waals surface area contributed by atoms with Gasteiger partial charge in [-0.1, -0.05) is 36.4 Å². The first kappa shape index (κ1) is 25.0. The summed E-state index contributed by atoms with van der Waals surface area (Å²) in [6.07, 6.45) is 0. The van der Waals surface area contributed by atoms with Gasteiger partial charge in [-0.05, 0) is 48.5 Å². The number of rotatable bonds is 8. The van der Waals surface area contributed by atoms with Gasteiger partial charge in [0.2, 0.25) is 0 Å². The van der Waals surface area contributed by atoms with Gasteiger partial charge in [-0.2, -0.15) is 0 Å². The molecule has 3 N–H and O–H groups in total. The van der Waals surface area contributed by atoms with Crippen molar-refractivity contribution in [2.45, 2.75) is 0 Å². The van der Waals surface area contributed by atoms with E-state index in [4.69, 9.17) is 9.47 Å². The van der Waals surface area contributed by atoms with Gasteiger partial charge in [0.1, 0.15) is 11.5 Å². The largest absolute Gasteiger partial charge is 0.494 e. The summed E-state index contributed by atoms with van der Waals surface area (Å²) in [5.41, 5.74) is 2.72. The summed E-state index contributed by atoms with van der Waals surface area (Å²) >= 11 is 0. The fourth-order valence-corrected chi connectivity index (χ4v) is 3.57. The number of carbonyl (C=O) groups excluding carboxylic acids is 3. The summed E-state index contributed by atoms with van der Waals surface area (Å²) in [5.74, 6) is -0.253. The van der Waals surface area contributed by atoms with E-state index < -0.39 is 0 Å². The van der Waals surface area contributed by atoms with Gasteiger partial charge < -0.3 is 25.4 Å². The molecule has 0 aliphatic carbocycles. The zero-order chi connectivity index (χ0) is 26.2. The molecule has 0 saturated carbocycles. The zero-order valence-corrected chi connectivity index (χ0v) is 20.3. The quantitative estimate of drug-likeness (QED) is 0.301. The molecular weight excluding hydrogens is 470 g/mol. The molecule has 186 valence electrons. The van der Waals surface area contributed by atoms with Crippen molar-refractivity contribution in [3.8, 4) is 11.5 Å². The molecule has 0 fully saturated rings. The lowest BCUT2D eigenvalue weighted by atomic mass is 10.1. The van der Waals surface area contributed by atoms with Crippen molar-refractivity contribution in [2.75, 3.05) is 30.2 Å². The Morgan fingerprint density at radius 1 is 0.514 bits per heavy atom. The number of hydrogen-bond acceptors (Lipinski definition) is 5. The van der Waals surface area contributed by atoms with Crippen LogP contribution < -0.4 is 25.4 Å². The van der Waals surface area contributed by atoms with E-state index in [-0.39, 0.29) is 17.7 Å². The highest BCUT2D eigenvalue weighted by atomic mass is 16.5. The van der Waals surface area contributed by atoms with Gasteiger partial charge in [-0.3, -0.25) is 14.4 Å². The summed E-state index contributed by atoms with van der Waals surface area (Å²) in [5, 5.41) is 8.41. The first-order chi connectivity index (χ1) is 18.0. The lowest BCUT2D eigenvalue weighted by Crippen LogP contribution is -2.15. The van der Waals surface area contributed by atoms with E-state index in [1.165, 1.54) is 14.2 Å². The Hall–Kier alpha value is -5.11. The molecule has 0 heterocycles. The van der Waals surface area contributed by atoms with Crippen LogP contribution in [0.1, 0.15) is 31.1 Å². The van der Waals surface area contributed by atoms with Crippen LogP contribution in [-0.4, -0.2) is 31.9 Å². The van der Waals surface area contributed by atoms with Crippen molar-refractivity contribution in [2.24, 2.45) is 0 Å². The molecule has 4 aromatic carbocycles. The van der Waals surface area contributed by atoms with Crippen LogP contribution in [0.4, 0.5) is 17.1 Å². The number of amides is 3. The highest BCUT2D eigenvalue weighted by Crippen LogP contribution is 2.37. The van der Waals surface area contributed by atoms with E-state index in [1.807, 2.05) is 12.1 Å². The van der Waals surface area contributed by atoms with Crippen molar-refractivity contribution in [1.29, 1.82) is 0 Å². The Labute approximate surface area is 214 Å². The number of ether oxygens (including phenoxy) is 2. The van der Waals surface area contributed by atoms with Crippen LogP contribution >= 0.6 is 0 Å². The topological polar surface area (TPSA) is 106 Å². The molecule has 37 heavy (non-hydrogen) atoms. The van der Waals surface area contributed by atoms with Crippen molar-refractivity contribution in [3.63, 3.8) is 0 Å². The molecule has 8 heteroatoms. The second kappa shape index (κ2) is 11.5. The molecule has 0 unspecified atom stereocenters. The number of nitrogens with one attached hydrogen (secondary N) is 3. The van der Waals surface area contributed by atoms with Crippen LogP contribution in [0.25, 0.3) is 0 Å². The number of hydrogen-bond donors (Lipinski definition) is 3. The lowest BCUT2D eigenvalue weighted by molar-refractivity contribution is 0.101. The third-order valence-corrected chi connectivity index (χ3v) is 5.49. The van der Waals surface area contributed by atoms with Crippen LogP contribution in [-0.2, 0) is 0 Å². The van der Waals surface area contributed by atoms with E-state index >= 15 is 0 Å². The number of anilines is 3. The first-order valence-electron chi connectivity index (χ1n) is 11.4. The molecule has 0 aliphatic rings. The maximum Gasteiger partial charge on any atom is 0.255 e. The summed E-state index contributed by atoms with van der Waals surface area (Å²) in [6, 6.07) is 27.3. The molecule has 4 rings (SSSR count). The van der Waals surface area contributed by atoms with Gasteiger partial charge in [-0.25, -0.2) is 0 Å². The van der Waals surface area contributed by atoms with Gasteiger partial charge in [0, 0.05) is 34.5 Å². The first-order valence-corrected chi connectivity index (χ1v) is 11.4. The van der Waals surface area contributed by atoms with E-state index in [1.54, 1.807) is 84.9 Å². The Morgan fingerprint density at radius 3 is 1.30 bits per heavy atom. The van der Waals surface area contributed by atoms with Crippen molar-refractivity contribution in [1.82, 2.24) is 0 Å².